The Hall–Kier alpha value is -1.33. The number of nitrogens with zero attached hydrogens (tertiary/aromatic N) is 3. The molecule has 0 bridgehead atoms. The first-order chi connectivity index (χ1) is 10.1. The highest BCUT2D eigenvalue weighted by Crippen LogP contribution is 2.25. The molecule has 0 fully saturated rings. The van der Waals surface area contributed by atoms with Gasteiger partial charge >= 0.3 is 0 Å². The lowest BCUT2D eigenvalue weighted by atomic mass is 10.1. The predicted octanol–water partition coefficient (Wildman–Crippen LogP) is 3.48. The molecule has 1 unspecified atom stereocenters. The van der Waals surface area contributed by atoms with Crippen molar-refractivity contribution < 1.29 is 0 Å². The molecule has 1 aromatic carbocycles. The first kappa shape index (κ1) is 16.0. The van der Waals surface area contributed by atoms with Gasteiger partial charge in [0.05, 0.1) is 5.75 Å². The van der Waals surface area contributed by atoms with E-state index >= 15 is 0 Å². The van der Waals surface area contributed by atoms with E-state index in [0.717, 1.165) is 30.4 Å². The lowest BCUT2D eigenvalue weighted by Crippen LogP contribution is -2.19. The molecule has 1 aromatic heterocycles. The molecule has 1 heterocycles. The predicted molar refractivity (Wildman–Crippen MR) is 88.5 cm³/mol. The average molecular weight is 304 g/mol. The smallest absolute Gasteiger partial charge is 0.143 e. The van der Waals surface area contributed by atoms with Crippen molar-refractivity contribution in [3.8, 4) is 0 Å². The average Bonchev–Trinajstić information content (AvgIpc) is 2.82. The summed E-state index contributed by atoms with van der Waals surface area (Å²) in [5.74, 6) is 2.81. The van der Waals surface area contributed by atoms with Crippen molar-refractivity contribution >= 4 is 11.8 Å². The van der Waals surface area contributed by atoms with Crippen LogP contribution in [-0.2, 0) is 12.8 Å². The first-order valence-corrected chi connectivity index (χ1v) is 8.41. The van der Waals surface area contributed by atoms with Crippen LogP contribution in [0.4, 0.5) is 0 Å². The van der Waals surface area contributed by atoms with Gasteiger partial charge in [0.25, 0.3) is 0 Å². The van der Waals surface area contributed by atoms with Gasteiger partial charge in [-0.05, 0) is 44.5 Å². The van der Waals surface area contributed by atoms with E-state index in [1.165, 1.54) is 10.5 Å². The van der Waals surface area contributed by atoms with E-state index in [1.807, 2.05) is 18.5 Å². The Morgan fingerprint density at radius 2 is 2.14 bits per heavy atom. The minimum atomic E-state index is 0.391. The molecule has 2 rings (SSSR count). The fourth-order valence-corrected chi connectivity index (χ4v) is 3.02. The van der Waals surface area contributed by atoms with Crippen LogP contribution < -0.4 is 5.32 Å². The van der Waals surface area contributed by atoms with Crippen molar-refractivity contribution in [3.05, 3.63) is 41.5 Å². The standard InChI is InChI=1S/C16H24N4S/c1-5-9-17-12(2)14-7-6-8-15(10-14)21-11-16-19-18-13(3)20(16)4/h6-8,10,12,17H,5,9,11H2,1-4H3. The Morgan fingerprint density at radius 1 is 1.33 bits per heavy atom. The van der Waals surface area contributed by atoms with Gasteiger partial charge in [-0.1, -0.05) is 19.1 Å². The van der Waals surface area contributed by atoms with E-state index in [2.05, 4.69) is 53.6 Å². The second kappa shape index (κ2) is 7.61. The third-order valence-electron chi connectivity index (χ3n) is 3.61. The summed E-state index contributed by atoms with van der Waals surface area (Å²) in [4.78, 5) is 1.28. The van der Waals surface area contributed by atoms with Gasteiger partial charge in [-0.15, -0.1) is 22.0 Å². The highest BCUT2D eigenvalue weighted by atomic mass is 32.2. The maximum absolute atomic E-state index is 4.21. The van der Waals surface area contributed by atoms with Crippen LogP contribution in [0.25, 0.3) is 0 Å². The molecule has 2 aromatic rings. The van der Waals surface area contributed by atoms with Crippen LogP contribution in [0, 0.1) is 6.92 Å². The lowest BCUT2D eigenvalue weighted by molar-refractivity contribution is 0.570. The van der Waals surface area contributed by atoms with Gasteiger partial charge in [-0.2, -0.15) is 0 Å². The van der Waals surface area contributed by atoms with Crippen LogP contribution in [0.3, 0.4) is 0 Å². The number of rotatable bonds is 7. The second-order valence-electron chi connectivity index (χ2n) is 5.26. The number of benzene rings is 1. The molecule has 5 heteroatoms. The Labute approximate surface area is 131 Å². The van der Waals surface area contributed by atoms with E-state index in [1.54, 1.807) is 11.8 Å². The summed E-state index contributed by atoms with van der Waals surface area (Å²) >= 11 is 1.81. The monoisotopic (exact) mass is 304 g/mol. The van der Waals surface area contributed by atoms with Gasteiger partial charge in [-0.25, -0.2) is 0 Å². The fourth-order valence-electron chi connectivity index (χ4n) is 2.08. The molecular weight excluding hydrogens is 280 g/mol. The van der Waals surface area contributed by atoms with Crippen molar-refractivity contribution in [2.45, 2.75) is 43.9 Å². The zero-order valence-corrected chi connectivity index (χ0v) is 14.1. The zero-order valence-electron chi connectivity index (χ0n) is 13.3. The molecule has 0 saturated carbocycles. The van der Waals surface area contributed by atoms with Gasteiger partial charge in [0.1, 0.15) is 11.6 Å². The number of thioether (sulfide) groups is 1. The summed E-state index contributed by atoms with van der Waals surface area (Å²) in [5.41, 5.74) is 1.34. The van der Waals surface area contributed by atoms with Crippen molar-refractivity contribution in [3.63, 3.8) is 0 Å². The van der Waals surface area contributed by atoms with E-state index in [9.17, 15) is 0 Å². The third-order valence-corrected chi connectivity index (χ3v) is 4.60. The second-order valence-corrected chi connectivity index (χ2v) is 6.31. The minimum absolute atomic E-state index is 0.391. The molecular formula is C16H24N4S. The Balaban J connectivity index is 1.99. The largest absolute Gasteiger partial charge is 0.318 e. The summed E-state index contributed by atoms with van der Waals surface area (Å²) in [6.07, 6.45) is 1.16. The molecule has 4 nitrogen and oxygen atoms in total. The van der Waals surface area contributed by atoms with Crippen molar-refractivity contribution in [1.82, 2.24) is 20.1 Å². The summed E-state index contributed by atoms with van der Waals surface area (Å²) < 4.78 is 2.04. The van der Waals surface area contributed by atoms with Crippen molar-refractivity contribution in [2.24, 2.45) is 7.05 Å². The molecule has 0 aliphatic carbocycles. The summed E-state index contributed by atoms with van der Waals surface area (Å²) in [5, 5.41) is 11.8. The first-order valence-electron chi connectivity index (χ1n) is 7.42. The van der Waals surface area contributed by atoms with Gasteiger partial charge < -0.3 is 9.88 Å². The molecule has 0 aliphatic heterocycles. The van der Waals surface area contributed by atoms with E-state index in [0.29, 0.717) is 6.04 Å². The molecule has 114 valence electrons. The summed E-state index contributed by atoms with van der Waals surface area (Å²) in [7, 11) is 2.01. The van der Waals surface area contributed by atoms with Crippen LogP contribution in [0.2, 0.25) is 0 Å². The van der Waals surface area contributed by atoms with E-state index in [-0.39, 0.29) is 0 Å². The molecule has 0 saturated heterocycles. The van der Waals surface area contributed by atoms with Crippen LogP contribution in [-0.4, -0.2) is 21.3 Å². The molecule has 0 spiro atoms. The van der Waals surface area contributed by atoms with Gasteiger partial charge in [0.2, 0.25) is 0 Å². The van der Waals surface area contributed by atoms with Gasteiger partial charge in [0.15, 0.2) is 0 Å². The number of aromatic nitrogens is 3. The highest BCUT2D eigenvalue weighted by molar-refractivity contribution is 7.98. The molecule has 0 amide bonds. The maximum atomic E-state index is 4.21. The van der Waals surface area contributed by atoms with Crippen molar-refractivity contribution in [2.75, 3.05) is 6.54 Å². The van der Waals surface area contributed by atoms with Crippen molar-refractivity contribution in [1.29, 1.82) is 0 Å². The topological polar surface area (TPSA) is 42.7 Å². The quantitative estimate of drug-likeness (QED) is 0.795. The number of nitrogens with one attached hydrogen (secondary N) is 1. The Bertz CT molecular complexity index is 579. The normalized spacial score (nSPS) is 12.6. The number of aryl methyl sites for hydroxylation is 1. The summed E-state index contributed by atoms with van der Waals surface area (Å²) in [6.45, 7) is 7.43. The third kappa shape index (κ3) is 4.32. The van der Waals surface area contributed by atoms with E-state index in [4.69, 9.17) is 0 Å². The highest BCUT2D eigenvalue weighted by Gasteiger charge is 2.08. The molecule has 21 heavy (non-hydrogen) atoms. The lowest BCUT2D eigenvalue weighted by Gasteiger charge is -2.14. The van der Waals surface area contributed by atoms with Crippen LogP contribution in [0.15, 0.2) is 29.2 Å². The molecule has 0 radical (unpaired) electrons. The van der Waals surface area contributed by atoms with E-state index < -0.39 is 0 Å². The summed E-state index contributed by atoms with van der Waals surface area (Å²) in [6, 6.07) is 9.13. The SMILES string of the molecule is CCCNC(C)c1cccc(SCc2nnc(C)n2C)c1. The number of hydrogen-bond donors (Lipinski definition) is 1. The Morgan fingerprint density at radius 3 is 2.81 bits per heavy atom. The fraction of sp³-hybridized carbons (Fsp3) is 0.500. The minimum Gasteiger partial charge on any atom is -0.318 e. The van der Waals surface area contributed by atoms with Crippen LogP contribution in [0.5, 0.6) is 0 Å². The molecule has 0 aliphatic rings. The maximum Gasteiger partial charge on any atom is 0.143 e. The van der Waals surface area contributed by atoms with Crippen LogP contribution >= 0.6 is 11.8 Å². The molecule has 1 N–H and O–H groups in total. The zero-order chi connectivity index (χ0) is 15.2. The van der Waals surface area contributed by atoms with Gasteiger partial charge in [0, 0.05) is 18.0 Å². The number of hydrogen-bond acceptors (Lipinski definition) is 4. The Kier molecular flexibility index (Phi) is 5.82. The van der Waals surface area contributed by atoms with Crippen LogP contribution in [0.1, 0.15) is 43.5 Å². The molecule has 1 atom stereocenters. The van der Waals surface area contributed by atoms with Gasteiger partial charge in [-0.3, -0.25) is 0 Å².